The maximum absolute atomic E-state index is 13.1. The van der Waals surface area contributed by atoms with Crippen LogP contribution in [-0.4, -0.2) is 70.5 Å². The molecule has 9 heteroatoms. The lowest BCUT2D eigenvalue weighted by atomic mass is 10.1. The van der Waals surface area contributed by atoms with Crippen LogP contribution in [0.15, 0.2) is 22.4 Å². The highest BCUT2D eigenvalue weighted by Gasteiger charge is 2.51. The summed E-state index contributed by atoms with van der Waals surface area (Å²) in [7, 11) is 0. The minimum Gasteiger partial charge on any atom is -0.352 e. The molecule has 0 aromatic heterocycles. The Kier molecular flexibility index (Phi) is 3.13. The maximum atomic E-state index is 13.1. The SMILES string of the molecule is CC12C=CC(N3CCN4CCCC4C3)=NN1C(C(F)(F)F)=NN2. The van der Waals surface area contributed by atoms with Crippen molar-refractivity contribution in [3.8, 4) is 0 Å². The van der Waals surface area contributed by atoms with E-state index in [2.05, 4.69) is 25.4 Å². The van der Waals surface area contributed by atoms with Crippen LogP contribution in [0.2, 0.25) is 0 Å². The van der Waals surface area contributed by atoms with Crippen molar-refractivity contribution in [2.24, 2.45) is 10.2 Å². The summed E-state index contributed by atoms with van der Waals surface area (Å²) in [5.74, 6) is -0.420. The first-order chi connectivity index (χ1) is 10.9. The fourth-order valence-corrected chi connectivity index (χ4v) is 3.66. The minimum absolute atomic E-state index is 0.487. The molecule has 0 aliphatic carbocycles. The fourth-order valence-electron chi connectivity index (χ4n) is 3.66. The summed E-state index contributed by atoms with van der Waals surface area (Å²) in [6.45, 7) is 5.30. The van der Waals surface area contributed by atoms with Crippen molar-refractivity contribution < 1.29 is 13.2 Å². The molecule has 0 amide bonds. The molecule has 6 nitrogen and oxygen atoms in total. The number of halogens is 3. The Balaban J connectivity index is 1.57. The Morgan fingerprint density at radius 2 is 2.13 bits per heavy atom. The third kappa shape index (κ3) is 2.37. The molecule has 0 aromatic rings. The van der Waals surface area contributed by atoms with E-state index in [0.717, 1.165) is 37.6 Å². The van der Waals surface area contributed by atoms with Gasteiger partial charge in [-0.2, -0.15) is 23.4 Å². The Bertz CT molecular complexity index is 598. The Hall–Kier alpha value is -1.77. The monoisotopic (exact) mass is 328 g/mol. The predicted octanol–water partition coefficient (Wildman–Crippen LogP) is 1.15. The van der Waals surface area contributed by atoms with Crippen LogP contribution in [0.4, 0.5) is 13.2 Å². The van der Waals surface area contributed by atoms with Gasteiger partial charge in [-0.15, -0.1) is 0 Å². The fraction of sp³-hybridized carbons (Fsp3) is 0.714. The first-order valence-corrected chi connectivity index (χ1v) is 7.86. The van der Waals surface area contributed by atoms with Gasteiger partial charge in [0.2, 0.25) is 0 Å². The highest BCUT2D eigenvalue weighted by Crippen LogP contribution is 2.32. The topological polar surface area (TPSA) is 46.5 Å². The third-order valence-corrected chi connectivity index (χ3v) is 4.95. The molecule has 0 saturated carbocycles. The van der Waals surface area contributed by atoms with Gasteiger partial charge in [-0.3, -0.25) is 10.3 Å². The van der Waals surface area contributed by atoms with Crippen molar-refractivity contribution in [1.82, 2.24) is 20.2 Å². The first-order valence-electron chi connectivity index (χ1n) is 7.86. The van der Waals surface area contributed by atoms with Crippen molar-refractivity contribution in [1.29, 1.82) is 0 Å². The third-order valence-electron chi connectivity index (χ3n) is 4.95. The van der Waals surface area contributed by atoms with Crippen molar-refractivity contribution in [2.75, 3.05) is 26.2 Å². The van der Waals surface area contributed by atoms with Crippen molar-refractivity contribution in [3.05, 3.63) is 12.2 Å². The molecule has 4 rings (SSSR count). The minimum atomic E-state index is -4.53. The molecule has 2 atom stereocenters. The average molecular weight is 328 g/mol. The summed E-state index contributed by atoms with van der Waals surface area (Å²) in [5.41, 5.74) is 1.47. The molecular weight excluding hydrogens is 309 g/mol. The van der Waals surface area contributed by atoms with Gasteiger partial charge in [0.1, 0.15) is 5.84 Å². The van der Waals surface area contributed by atoms with E-state index in [0.29, 0.717) is 11.9 Å². The van der Waals surface area contributed by atoms with Crippen LogP contribution in [0.5, 0.6) is 0 Å². The molecule has 2 fully saturated rings. The van der Waals surface area contributed by atoms with E-state index in [1.165, 1.54) is 6.42 Å². The summed E-state index contributed by atoms with van der Waals surface area (Å²) < 4.78 is 39.4. The predicted molar refractivity (Wildman–Crippen MR) is 79.6 cm³/mol. The maximum Gasteiger partial charge on any atom is 0.453 e. The van der Waals surface area contributed by atoms with Crippen LogP contribution in [0.25, 0.3) is 0 Å². The summed E-state index contributed by atoms with van der Waals surface area (Å²) >= 11 is 0. The lowest BCUT2D eigenvalue weighted by molar-refractivity contribution is -0.0699. The van der Waals surface area contributed by atoms with E-state index in [4.69, 9.17) is 0 Å². The Labute approximate surface area is 132 Å². The van der Waals surface area contributed by atoms with Gasteiger partial charge in [0.05, 0.1) is 0 Å². The molecule has 2 saturated heterocycles. The second-order valence-electron chi connectivity index (χ2n) is 6.57. The molecular formula is C14H19F3N6. The number of hydrogen-bond donors (Lipinski definition) is 1. The largest absolute Gasteiger partial charge is 0.453 e. The number of amidine groups is 2. The van der Waals surface area contributed by atoms with Gasteiger partial charge in [-0.25, -0.2) is 5.01 Å². The molecule has 23 heavy (non-hydrogen) atoms. The normalized spacial score (nSPS) is 34.0. The van der Waals surface area contributed by atoms with Gasteiger partial charge in [-0.1, -0.05) is 0 Å². The average Bonchev–Trinajstić information content (AvgIpc) is 3.08. The van der Waals surface area contributed by atoms with Gasteiger partial charge < -0.3 is 4.90 Å². The highest BCUT2D eigenvalue weighted by atomic mass is 19.4. The highest BCUT2D eigenvalue weighted by molar-refractivity contribution is 5.97. The number of fused-ring (bicyclic) bond motifs is 2. The van der Waals surface area contributed by atoms with Gasteiger partial charge in [-0.05, 0) is 38.5 Å². The quantitative estimate of drug-likeness (QED) is 0.725. The van der Waals surface area contributed by atoms with Crippen molar-refractivity contribution >= 4 is 11.7 Å². The van der Waals surface area contributed by atoms with E-state index >= 15 is 0 Å². The van der Waals surface area contributed by atoms with E-state index in [9.17, 15) is 13.2 Å². The number of nitrogens with one attached hydrogen (secondary N) is 1. The van der Waals surface area contributed by atoms with Gasteiger partial charge in [0.15, 0.2) is 5.66 Å². The zero-order valence-electron chi connectivity index (χ0n) is 12.8. The van der Waals surface area contributed by atoms with Crippen LogP contribution in [0, 0.1) is 0 Å². The molecule has 4 heterocycles. The molecule has 2 unspecified atom stereocenters. The molecule has 4 aliphatic rings. The molecule has 4 aliphatic heterocycles. The molecule has 0 spiro atoms. The van der Waals surface area contributed by atoms with Crippen LogP contribution in [0.1, 0.15) is 19.8 Å². The number of hydrazone groups is 2. The number of alkyl halides is 3. The molecule has 0 radical (unpaired) electrons. The van der Waals surface area contributed by atoms with Gasteiger partial charge >= 0.3 is 6.18 Å². The zero-order chi connectivity index (χ0) is 16.2. The Morgan fingerprint density at radius 3 is 2.91 bits per heavy atom. The van der Waals surface area contributed by atoms with Crippen LogP contribution < -0.4 is 5.43 Å². The molecule has 126 valence electrons. The van der Waals surface area contributed by atoms with E-state index in [-0.39, 0.29) is 0 Å². The molecule has 0 aromatic carbocycles. The number of piperazine rings is 1. The molecule has 1 N–H and O–H groups in total. The Morgan fingerprint density at radius 1 is 1.30 bits per heavy atom. The van der Waals surface area contributed by atoms with Crippen LogP contribution in [-0.2, 0) is 0 Å². The van der Waals surface area contributed by atoms with Gasteiger partial charge in [0, 0.05) is 25.7 Å². The lowest BCUT2D eigenvalue weighted by Gasteiger charge is -2.41. The second-order valence-corrected chi connectivity index (χ2v) is 6.57. The number of nitrogens with zero attached hydrogens (tertiary/aromatic N) is 5. The van der Waals surface area contributed by atoms with Crippen molar-refractivity contribution in [3.63, 3.8) is 0 Å². The second kappa shape index (κ2) is 4.86. The lowest BCUT2D eigenvalue weighted by Crippen LogP contribution is -2.56. The van der Waals surface area contributed by atoms with E-state index in [1.54, 1.807) is 19.1 Å². The standard InChI is InChI=1S/C14H19F3N6/c1-13-5-4-11(19-23(13)12(18-20-13)14(15,16)17)22-8-7-21-6-2-3-10(21)9-22/h4-5,10,20H,2-3,6-9H2,1H3. The molecule has 0 bridgehead atoms. The van der Waals surface area contributed by atoms with E-state index < -0.39 is 17.7 Å². The first kappa shape index (κ1) is 14.8. The summed E-state index contributed by atoms with van der Waals surface area (Å²) in [6.07, 6.45) is 1.29. The van der Waals surface area contributed by atoms with E-state index in [1.807, 2.05) is 0 Å². The smallest absolute Gasteiger partial charge is 0.352 e. The zero-order valence-corrected chi connectivity index (χ0v) is 12.8. The summed E-state index contributed by atoms with van der Waals surface area (Å²) in [5, 5.41) is 8.64. The van der Waals surface area contributed by atoms with Crippen LogP contribution >= 0.6 is 0 Å². The summed E-state index contributed by atoms with van der Waals surface area (Å²) in [6, 6.07) is 0.487. The summed E-state index contributed by atoms with van der Waals surface area (Å²) in [4.78, 5) is 4.53. The van der Waals surface area contributed by atoms with Crippen molar-refractivity contribution in [2.45, 2.75) is 37.6 Å². The van der Waals surface area contributed by atoms with Gasteiger partial charge in [0.25, 0.3) is 5.84 Å². The van der Waals surface area contributed by atoms with Crippen LogP contribution in [0.3, 0.4) is 0 Å². The number of hydrogen-bond acceptors (Lipinski definition) is 6. The number of rotatable bonds is 0.